The maximum atomic E-state index is 6.69. The highest BCUT2D eigenvalue weighted by Crippen LogP contribution is 2.29. The van der Waals surface area contributed by atoms with Crippen molar-refractivity contribution >= 4 is 33.4 Å². The maximum absolute atomic E-state index is 6.69. The molecular weight excluding hydrogens is 448 g/mol. The molecule has 156 valence electrons. The molecule has 0 radical (unpaired) electrons. The minimum absolute atomic E-state index is 0.209. The zero-order chi connectivity index (χ0) is 21.0. The fourth-order valence-electron chi connectivity index (χ4n) is 3.86. The molecule has 2 aromatic carbocycles. The quantitative estimate of drug-likeness (QED) is 0.481. The van der Waals surface area contributed by atoms with Crippen molar-refractivity contribution in [1.29, 1.82) is 0 Å². The van der Waals surface area contributed by atoms with Crippen LogP contribution in [0.3, 0.4) is 0 Å². The summed E-state index contributed by atoms with van der Waals surface area (Å²) in [6, 6.07) is 12.3. The van der Waals surface area contributed by atoms with E-state index in [4.69, 9.17) is 21.3 Å². The molecule has 0 N–H and O–H groups in total. The van der Waals surface area contributed by atoms with Gasteiger partial charge in [0.05, 0.1) is 7.11 Å². The minimum Gasteiger partial charge on any atom is -0.496 e. The predicted octanol–water partition coefficient (Wildman–Crippen LogP) is 6.39. The Hall–Kier alpha value is -1.52. The van der Waals surface area contributed by atoms with Crippen LogP contribution in [0.4, 0.5) is 0 Å². The van der Waals surface area contributed by atoms with E-state index in [1.807, 2.05) is 24.3 Å². The van der Waals surface area contributed by atoms with E-state index in [1.165, 1.54) is 5.56 Å². The Balaban J connectivity index is 1.91. The Morgan fingerprint density at radius 2 is 1.97 bits per heavy atom. The molecule has 0 amide bonds. The summed E-state index contributed by atoms with van der Waals surface area (Å²) in [4.78, 5) is 7.35. The number of aliphatic imine (C=N–C) groups is 1. The number of rotatable bonds is 6. The van der Waals surface area contributed by atoms with Crippen molar-refractivity contribution in [1.82, 2.24) is 4.90 Å². The van der Waals surface area contributed by atoms with Crippen molar-refractivity contribution in [2.24, 2.45) is 10.4 Å². The average Bonchev–Trinajstić information content (AvgIpc) is 2.66. The Morgan fingerprint density at radius 3 is 2.69 bits per heavy atom. The van der Waals surface area contributed by atoms with Crippen molar-refractivity contribution in [2.45, 2.75) is 40.0 Å². The second kappa shape index (κ2) is 9.53. The number of benzene rings is 2. The molecule has 0 spiro atoms. The van der Waals surface area contributed by atoms with Crippen LogP contribution in [0.15, 0.2) is 45.9 Å². The number of aryl methyl sites for hydroxylation is 1. The van der Waals surface area contributed by atoms with Crippen LogP contribution in [0.5, 0.6) is 5.75 Å². The lowest BCUT2D eigenvalue weighted by Crippen LogP contribution is -2.41. The van der Waals surface area contributed by atoms with Gasteiger partial charge in [-0.05, 0) is 60.1 Å². The SMILES string of the molecule is COc1ccc(Br)cc1CCc1c(Cl)cccc1C1=NCCCN1CC(C)(C)C. The lowest BCUT2D eigenvalue weighted by Gasteiger charge is -2.35. The number of nitrogens with zero attached hydrogens (tertiary/aromatic N) is 2. The number of hydrogen-bond donors (Lipinski definition) is 0. The van der Waals surface area contributed by atoms with Crippen LogP contribution >= 0.6 is 27.5 Å². The Labute approximate surface area is 188 Å². The first kappa shape index (κ1) is 22.2. The summed E-state index contributed by atoms with van der Waals surface area (Å²) in [5.74, 6) is 2.00. The summed E-state index contributed by atoms with van der Waals surface area (Å²) in [6.45, 7) is 9.73. The molecule has 0 bridgehead atoms. The van der Waals surface area contributed by atoms with E-state index in [2.05, 4.69) is 53.7 Å². The standard InChI is InChI=1S/C24H30BrClN2O/c1-24(2,3)16-28-14-6-13-27-23(28)20-7-5-8-21(26)19(20)11-9-17-15-18(25)10-12-22(17)29-4/h5,7-8,10,12,15H,6,9,11,13-14,16H2,1-4H3. The normalized spacial score (nSPS) is 14.7. The van der Waals surface area contributed by atoms with Gasteiger partial charge in [-0.1, -0.05) is 60.4 Å². The second-order valence-corrected chi connectivity index (χ2v) is 10.1. The average molecular weight is 478 g/mol. The highest BCUT2D eigenvalue weighted by Gasteiger charge is 2.25. The predicted molar refractivity (Wildman–Crippen MR) is 127 cm³/mol. The molecular formula is C24H30BrClN2O. The van der Waals surface area contributed by atoms with Gasteiger partial charge in [-0.3, -0.25) is 4.99 Å². The monoisotopic (exact) mass is 476 g/mol. The molecule has 0 saturated carbocycles. The van der Waals surface area contributed by atoms with E-state index in [-0.39, 0.29) is 5.41 Å². The first-order valence-electron chi connectivity index (χ1n) is 10.2. The van der Waals surface area contributed by atoms with E-state index in [9.17, 15) is 0 Å². The molecule has 0 aliphatic carbocycles. The molecule has 1 heterocycles. The third kappa shape index (κ3) is 5.76. The van der Waals surface area contributed by atoms with Crippen molar-refractivity contribution in [3.8, 4) is 5.75 Å². The summed E-state index contributed by atoms with van der Waals surface area (Å²) in [5, 5.41) is 0.806. The zero-order valence-corrected chi connectivity index (χ0v) is 20.1. The van der Waals surface area contributed by atoms with Gasteiger partial charge in [0.25, 0.3) is 0 Å². The highest BCUT2D eigenvalue weighted by molar-refractivity contribution is 9.10. The molecule has 0 atom stereocenters. The zero-order valence-electron chi connectivity index (χ0n) is 17.8. The molecule has 1 aliphatic rings. The number of ether oxygens (including phenoxy) is 1. The second-order valence-electron chi connectivity index (χ2n) is 8.76. The molecule has 3 nitrogen and oxygen atoms in total. The summed E-state index contributed by atoms with van der Waals surface area (Å²) < 4.78 is 6.61. The number of amidine groups is 1. The van der Waals surface area contributed by atoms with Gasteiger partial charge in [-0.2, -0.15) is 0 Å². The lowest BCUT2D eigenvalue weighted by molar-refractivity contribution is 0.266. The van der Waals surface area contributed by atoms with Crippen LogP contribution in [0, 0.1) is 5.41 Å². The van der Waals surface area contributed by atoms with Crippen molar-refractivity contribution in [3.63, 3.8) is 0 Å². The fourth-order valence-corrected chi connectivity index (χ4v) is 4.54. The smallest absolute Gasteiger partial charge is 0.131 e. The molecule has 0 saturated heterocycles. The molecule has 0 fully saturated rings. The summed E-state index contributed by atoms with van der Waals surface area (Å²) in [5.41, 5.74) is 3.71. The van der Waals surface area contributed by atoms with Crippen molar-refractivity contribution < 1.29 is 4.74 Å². The van der Waals surface area contributed by atoms with E-state index in [1.54, 1.807) is 7.11 Å². The fraction of sp³-hybridized carbons (Fsp3) is 0.458. The number of methoxy groups -OCH3 is 1. The molecule has 0 aromatic heterocycles. The van der Waals surface area contributed by atoms with E-state index < -0.39 is 0 Å². The van der Waals surface area contributed by atoms with E-state index >= 15 is 0 Å². The minimum atomic E-state index is 0.209. The summed E-state index contributed by atoms with van der Waals surface area (Å²) in [6.07, 6.45) is 2.79. The molecule has 3 rings (SSSR count). The molecule has 2 aromatic rings. The van der Waals surface area contributed by atoms with E-state index in [0.29, 0.717) is 0 Å². The summed E-state index contributed by atoms with van der Waals surface area (Å²) >= 11 is 10.3. The van der Waals surface area contributed by atoms with Gasteiger partial charge in [0.2, 0.25) is 0 Å². The van der Waals surface area contributed by atoms with Gasteiger partial charge in [0.1, 0.15) is 11.6 Å². The van der Waals surface area contributed by atoms with Gasteiger partial charge in [0, 0.05) is 34.7 Å². The van der Waals surface area contributed by atoms with Crippen LogP contribution in [-0.2, 0) is 12.8 Å². The molecule has 0 unspecified atom stereocenters. The highest BCUT2D eigenvalue weighted by atomic mass is 79.9. The first-order chi connectivity index (χ1) is 13.8. The first-order valence-corrected chi connectivity index (χ1v) is 11.3. The van der Waals surface area contributed by atoms with Crippen LogP contribution < -0.4 is 4.74 Å². The van der Waals surface area contributed by atoms with Gasteiger partial charge in [-0.15, -0.1) is 0 Å². The van der Waals surface area contributed by atoms with Crippen LogP contribution in [0.1, 0.15) is 43.9 Å². The Kier molecular flexibility index (Phi) is 7.28. The number of hydrogen-bond acceptors (Lipinski definition) is 3. The van der Waals surface area contributed by atoms with Crippen LogP contribution in [-0.4, -0.2) is 37.5 Å². The Bertz CT molecular complexity index is 889. The third-order valence-corrected chi connectivity index (χ3v) is 5.91. The lowest BCUT2D eigenvalue weighted by atomic mass is 9.93. The topological polar surface area (TPSA) is 24.8 Å². The Morgan fingerprint density at radius 1 is 1.17 bits per heavy atom. The molecule has 1 aliphatic heterocycles. The molecule has 5 heteroatoms. The van der Waals surface area contributed by atoms with Crippen LogP contribution in [0.2, 0.25) is 5.02 Å². The van der Waals surface area contributed by atoms with Gasteiger partial charge >= 0.3 is 0 Å². The van der Waals surface area contributed by atoms with Crippen molar-refractivity contribution in [2.75, 3.05) is 26.7 Å². The van der Waals surface area contributed by atoms with E-state index in [0.717, 1.165) is 71.1 Å². The van der Waals surface area contributed by atoms with Gasteiger partial charge < -0.3 is 9.64 Å². The summed E-state index contributed by atoms with van der Waals surface area (Å²) in [7, 11) is 1.72. The van der Waals surface area contributed by atoms with Gasteiger partial charge in [-0.25, -0.2) is 0 Å². The third-order valence-electron chi connectivity index (χ3n) is 5.06. The largest absolute Gasteiger partial charge is 0.496 e. The molecule has 29 heavy (non-hydrogen) atoms. The van der Waals surface area contributed by atoms with Crippen molar-refractivity contribution in [3.05, 3.63) is 62.6 Å². The maximum Gasteiger partial charge on any atom is 0.131 e. The number of halogens is 2. The van der Waals surface area contributed by atoms with Crippen LogP contribution in [0.25, 0.3) is 0 Å². The van der Waals surface area contributed by atoms with Gasteiger partial charge in [0.15, 0.2) is 0 Å².